The summed E-state index contributed by atoms with van der Waals surface area (Å²) in [6.07, 6.45) is 0. The highest BCUT2D eigenvalue weighted by Crippen LogP contribution is 2.30. The molecular weight excluding hydrogens is 489 g/mol. The first-order valence-corrected chi connectivity index (χ1v) is 12.3. The summed E-state index contributed by atoms with van der Waals surface area (Å²) in [6, 6.07) is 9.33. The molecule has 3 rings (SSSR count). The Morgan fingerprint density at radius 3 is 2.36 bits per heavy atom. The van der Waals surface area contributed by atoms with Crippen molar-refractivity contribution in [2.24, 2.45) is 0 Å². The number of carbonyl (C=O) groups excluding carboxylic acids is 3. The number of hydrogen-bond acceptors (Lipinski definition) is 5. The van der Waals surface area contributed by atoms with Crippen LogP contribution in [0.15, 0.2) is 47.4 Å². The lowest BCUT2D eigenvalue weighted by molar-refractivity contribution is -0.140. The van der Waals surface area contributed by atoms with E-state index in [9.17, 15) is 22.8 Å². The fourth-order valence-corrected chi connectivity index (χ4v) is 5.41. The highest BCUT2D eigenvalue weighted by molar-refractivity contribution is 7.90. The molecule has 1 N–H and O–H groups in total. The third-order valence-corrected chi connectivity index (χ3v) is 7.52. The lowest BCUT2D eigenvalue weighted by atomic mass is 10.1. The van der Waals surface area contributed by atoms with E-state index in [0.29, 0.717) is 14.9 Å². The summed E-state index contributed by atoms with van der Waals surface area (Å²) in [5.41, 5.74) is 0.515. The highest BCUT2D eigenvalue weighted by atomic mass is 35.5. The van der Waals surface area contributed by atoms with Crippen LogP contribution in [0.25, 0.3) is 0 Å². The zero-order valence-electron chi connectivity index (χ0n) is 18.2. The van der Waals surface area contributed by atoms with E-state index in [1.807, 2.05) is 0 Å². The number of carbonyl (C=O) groups is 3. The van der Waals surface area contributed by atoms with Crippen LogP contribution in [-0.2, 0) is 26.2 Å². The average Bonchev–Trinajstić information content (AvgIpc) is 2.93. The summed E-state index contributed by atoms with van der Waals surface area (Å²) < 4.78 is 26.3. The Balaban J connectivity index is 1.92. The smallest absolute Gasteiger partial charge is 0.269 e. The monoisotopic (exact) mass is 511 g/mol. The van der Waals surface area contributed by atoms with Crippen molar-refractivity contribution in [1.29, 1.82) is 0 Å². The Labute approximate surface area is 202 Å². The fraction of sp³-hybridized carbons (Fsp3) is 0.318. The van der Waals surface area contributed by atoms with Crippen molar-refractivity contribution >= 4 is 50.9 Å². The first-order valence-electron chi connectivity index (χ1n) is 10.1. The van der Waals surface area contributed by atoms with Crippen LogP contribution in [0.3, 0.4) is 0 Å². The molecule has 1 heterocycles. The topological polar surface area (TPSA) is 104 Å². The van der Waals surface area contributed by atoms with Gasteiger partial charge in [0.1, 0.15) is 17.5 Å². The van der Waals surface area contributed by atoms with Crippen molar-refractivity contribution in [3.05, 3.63) is 63.6 Å². The van der Waals surface area contributed by atoms with Crippen LogP contribution in [0.1, 0.15) is 36.7 Å². The number of rotatable bonds is 7. The lowest BCUT2D eigenvalue weighted by Gasteiger charge is -2.30. The van der Waals surface area contributed by atoms with Gasteiger partial charge in [-0.25, -0.2) is 12.7 Å². The first-order chi connectivity index (χ1) is 15.4. The Hall–Kier alpha value is -2.62. The molecular formula is C22H23Cl2N3O5S. The molecule has 0 aliphatic carbocycles. The molecule has 176 valence electrons. The Kier molecular flexibility index (Phi) is 7.36. The summed E-state index contributed by atoms with van der Waals surface area (Å²) in [4.78, 5) is 39.8. The molecule has 1 atom stereocenters. The molecule has 0 spiro atoms. The minimum Gasteiger partial charge on any atom is -0.352 e. The second-order valence-electron chi connectivity index (χ2n) is 7.91. The SMILES string of the molecule is CC(C)NC(=O)[C@@H](C)N(Cc1ccc(Cl)cc1Cl)C(=O)CN1C(=O)c2ccccc2S1(=O)=O. The average molecular weight is 512 g/mol. The molecule has 0 unspecified atom stereocenters. The first kappa shape index (κ1) is 25.0. The number of fused-ring (bicyclic) bond motifs is 1. The summed E-state index contributed by atoms with van der Waals surface area (Å²) in [6.45, 7) is 4.24. The van der Waals surface area contributed by atoms with E-state index in [0.717, 1.165) is 0 Å². The van der Waals surface area contributed by atoms with Gasteiger partial charge in [-0.1, -0.05) is 41.4 Å². The van der Waals surface area contributed by atoms with E-state index in [2.05, 4.69) is 5.32 Å². The molecule has 1 aliphatic rings. The molecule has 33 heavy (non-hydrogen) atoms. The predicted molar refractivity (Wildman–Crippen MR) is 124 cm³/mol. The van der Waals surface area contributed by atoms with Gasteiger partial charge >= 0.3 is 0 Å². The minimum absolute atomic E-state index is 0.00296. The maximum atomic E-state index is 13.3. The van der Waals surface area contributed by atoms with E-state index in [-0.39, 0.29) is 28.1 Å². The van der Waals surface area contributed by atoms with Crippen molar-refractivity contribution < 1.29 is 22.8 Å². The van der Waals surface area contributed by atoms with E-state index < -0.39 is 40.3 Å². The molecule has 0 saturated heterocycles. The number of nitrogens with zero attached hydrogens (tertiary/aromatic N) is 2. The molecule has 0 radical (unpaired) electrons. The van der Waals surface area contributed by atoms with Crippen LogP contribution in [0.4, 0.5) is 0 Å². The van der Waals surface area contributed by atoms with Crippen molar-refractivity contribution in [1.82, 2.24) is 14.5 Å². The van der Waals surface area contributed by atoms with Crippen molar-refractivity contribution in [2.75, 3.05) is 6.54 Å². The second-order valence-corrected chi connectivity index (χ2v) is 10.6. The summed E-state index contributed by atoms with van der Waals surface area (Å²) in [5, 5.41) is 3.42. The second kappa shape index (κ2) is 9.70. The van der Waals surface area contributed by atoms with Gasteiger partial charge in [-0.15, -0.1) is 0 Å². The Morgan fingerprint density at radius 1 is 1.09 bits per heavy atom. The van der Waals surface area contributed by atoms with Gasteiger partial charge in [0.2, 0.25) is 11.8 Å². The number of hydrogen-bond donors (Lipinski definition) is 1. The van der Waals surface area contributed by atoms with Gasteiger partial charge in [0.15, 0.2) is 0 Å². The van der Waals surface area contributed by atoms with Crippen LogP contribution in [0.5, 0.6) is 0 Å². The zero-order valence-corrected chi connectivity index (χ0v) is 20.5. The van der Waals surface area contributed by atoms with E-state index in [1.54, 1.807) is 32.0 Å². The lowest BCUT2D eigenvalue weighted by Crippen LogP contribution is -2.52. The van der Waals surface area contributed by atoms with Crippen molar-refractivity contribution in [3.8, 4) is 0 Å². The number of sulfonamides is 1. The van der Waals surface area contributed by atoms with Gasteiger partial charge in [0.25, 0.3) is 15.9 Å². The molecule has 8 nitrogen and oxygen atoms in total. The molecule has 2 aromatic rings. The molecule has 11 heteroatoms. The largest absolute Gasteiger partial charge is 0.352 e. The van der Waals surface area contributed by atoms with E-state index in [4.69, 9.17) is 23.2 Å². The molecule has 2 aromatic carbocycles. The quantitative estimate of drug-likeness (QED) is 0.614. The maximum absolute atomic E-state index is 13.3. The normalized spacial score (nSPS) is 15.3. The molecule has 1 aliphatic heterocycles. The van der Waals surface area contributed by atoms with Crippen LogP contribution >= 0.6 is 23.2 Å². The number of amides is 3. The minimum atomic E-state index is -4.18. The van der Waals surface area contributed by atoms with Crippen LogP contribution in [0.2, 0.25) is 10.0 Å². The third kappa shape index (κ3) is 5.15. The molecule has 0 bridgehead atoms. The van der Waals surface area contributed by atoms with Crippen LogP contribution < -0.4 is 5.32 Å². The summed E-state index contributed by atoms with van der Waals surface area (Å²) in [5.74, 6) is -1.94. The highest BCUT2D eigenvalue weighted by Gasteiger charge is 2.43. The van der Waals surface area contributed by atoms with Crippen molar-refractivity contribution in [2.45, 2.75) is 44.3 Å². The van der Waals surface area contributed by atoms with Crippen LogP contribution in [-0.4, -0.2) is 54.0 Å². The number of benzene rings is 2. The molecule has 0 saturated carbocycles. The molecule has 0 aromatic heterocycles. The standard InChI is InChI=1S/C22H23Cl2N3O5S/c1-13(2)25-21(29)14(3)26(11-15-8-9-16(23)10-18(15)24)20(28)12-27-22(30)17-6-4-5-7-19(17)33(27,31)32/h4-10,13-14H,11-12H2,1-3H3,(H,25,29)/t14-/m1/s1. The predicted octanol–water partition coefficient (Wildman–Crippen LogP) is 3.08. The van der Waals surface area contributed by atoms with Gasteiger partial charge in [0.05, 0.1) is 5.56 Å². The number of nitrogens with one attached hydrogen (secondary N) is 1. The molecule has 3 amide bonds. The Morgan fingerprint density at radius 2 is 1.76 bits per heavy atom. The zero-order chi connectivity index (χ0) is 24.5. The van der Waals surface area contributed by atoms with Crippen molar-refractivity contribution in [3.63, 3.8) is 0 Å². The van der Waals surface area contributed by atoms with E-state index >= 15 is 0 Å². The molecule has 0 fully saturated rings. The maximum Gasteiger partial charge on any atom is 0.269 e. The van der Waals surface area contributed by atoms with Crippen LogP contribution in [0, 0.1) is 0 Å². The summed E-state index contributed by atoms with van der Waals surface area (Å²) in [7, 11) is -4.18. The fourth-order valence-electron chi connectivity index (χ4n) is 3.42. The van der Waals surface area contributed by atoms with Gasteiger partial charge < -0.3 is 10.2 Å². The summed E-state index contributed by atoms with van der Waals surface area (Å²) >= 11 is 12.2. The van der Waals surface area contributed by atoms with E-state index in [1.165, 1.54) is 36.1 Å². The number of halogens is 2. The van der Waals surface area contributed by atoms with Gasteiger partial charge in [-0.3, -0.25) is 14.4 Å². The Bertz CT molecular complexity index is 1220. The third-order valence-electron chi connectivity index (χ3n) is 5.14. The van der Waals surface area contributed by atoms with Gasteiger partial charge in [0, 0.05) is 22.6 Å². The van der Waals surface area contributed by atoms with Gasteiger partial charge in [-0.05, 0) is 50.6 Å². The van der Waals surface area contributed by atoms with Gasteiger partial charge in [-0.2, -0.15) is 0 Å².